The molecule has 110 valence electrons. The van der Waals surface area contributed by atoms with E-state index >= 15 is 0 Å². The van der Waals surface area contributed by atoms with E-state index in [2.05, 4.69) is 10.3 Å². The van der Waals surface area contributed by atoms with E-state index < -0.39 is 5.54 Å². The number of aryl methyl sites for hydroxylation is 1. The third-order valence-electron chi connectivity index (χ3n) is 4.19. The van der Waals surface area contributed by atoms with Crippen molar-refractivity contribution in [1.82, 2.24) is 4.98 Å². The molecule has 2 aromatic rings. The number of hydrogen-bond acceptors (Lipinski definition) is 3. The van der Waals surface area contributed by atoms with Crippen molar-refractivity contribution in [2.45, 2.75) is 32.2 Å². The van der Waals surface area contributed by atoms with E-state index in [1.807, 2.05) is 25.1 Å². The van der Waals surface area contributed by atoms with Gasteiger partial charge in [0.15, 0.2) is 0 Å². The number of rotatable bonds is 3. The lowest BCUT2D eigenvalue weighted by Crippen LogP contribution is -2.50. The lowest BCUT2D eigenvalue weighted by molar-refractivity contribution is -0.121. The number of halogens is 1. The van der Waals surface area contributed by atoms with Crippen LogP contribution >= 0.6 is 11.6 Å². The van der Waals surface area contributed by atoms with Gasteiger partial charge in [-0.1, -0.05) is 11.6 Å². The third kappa shape index (κ3) is 2.49. The van der Waals surface area contributed by atoms with Crippen molar-refractivity contribution >= 4 is 34.1 Å². The zero-order valence-electron chi connectivity index (χ0n) is 12.1. The minimum Gasteiger partial charge on any atom is -0.323 e. The summed E-state index contributed by atoms with van der Waals surface area (Å²) in [6, 6.07) is 5.55. The number of benzene rings is 1. The fourth-order valence-electron chi connectivity index (χ4n) is 2.62. The molecule has 1 heterocycles. The molecule has 3 rings (SSSR count). The summed E-state index contributed by atoms with van der Waals surface area (Å²) in [6.07, 6.45) is 3.74. The van der Waals surface area contributed by atoms with Gasteiger partial charge in [-0.15, -0.1) is 0 Å². The summed E-state index contributed by atoms with van der Waals surface area (Å²) in [7, 11) is 0. The molecule has 1 fully saturated rings. The van der Waals surface area contributed by atoms with E-state index in [1.54, 1.807) is 13.1 Å². The number of anilines is 1. The fourth-order valence-corrected chi connectivity index (χ4v) is 2.94. The first kappa shape index (κ1) is 14.3. The molecule has 1 aromatic carbocycles. The highest BCUT2D eigenvalue weighted by Crippen LogP contribution is 2.39. The predicted molar refractivity (Wildman–Crippen MR) is 85.4 cm³/mol. The van der Waals surface area contributed by atoms with Crippen LogP contribution in [0.1, 0.15) is 25.3 Å². The van der Waals surface area contributed by atoms with Gasteiger partial charge in [-0.2, -0.15) is 0 Å². The molecule has 0 bridgehead atoms. The van der Waals surface area contributed by atoms with Crippen LogP contribution < -0.4 is 11.1 Å². The quantitative estimate of drug-likeness (QED) is 0.914. The molecule has 1 amide bonds. The summed E-state index contributed by atoms with van der Waals surface area (Å²) >= 11 is 6.31. The van der Waals surface area contributed by atoms with Gasteiger partial charge < -0.3 is 11.1 Å². The van der Waals surface area contributed by atoms with Crippen LogP contribution in [0.5, 0.6) is 0 Å². The van der Waals surface area contributed by atoms with Crippen molar-refractivity contribution in [3.63, 3.8) is 0 Å². The molecule has 1 aliphatic carbocycles. The van der Waals surface area contributed by atoms with Gasteiger partial charge in [0.1, 0.15) is 0 Å². The zero-order valence-corrected chi connectivity index (χ0v) is 12.9. The summed E-state index contributed by atoms with van der Waals surface area (Å²) in [5, 5.41) is 4.25. The van der Waals surface area contributed by atoms with Crippen LogP contribution in [-0.4, -0.2) is 16.4 Å². The molecule has 3 N–H and O–H groups in total. The molecule has 0 aliphatic heterocycles. The molecule has 0 radical (unpaired) electrons. The van der Waals surface area contributed by atoms with Crippen molar-refractivity contribution in [3.05, 3.63) is 35.0 Å². The first-order valence-electron chi connectivity index (χ1n) is 7.05. The van der Waals surface area contributed by atoms with Crippen LogP contribution in [0.4, 0.5) is 5.69 Å². The van der Waals surface area contributed by atoms with Crippen LogP contribution in [0.25, 0.3) is 10.9 Å². The number of carbonyl (C=O) groups excluding carboxylic acids is 1. The number of fused-ring (bicyclic) bond motifs is 1. The fraction of sp³-hybridized carbons (Fsp3) is 0.375. The Balaban J connectivity index is 2.02. The Bertz CT molecular complexity index is 723. The number of carbonyl (C=O) groups is 1. The standard InChI is InChI=1S/C16H18ClN3O/c1-9-8-12(17)14(11-4-3-7-19-13(9)11)20-15(21)16(2,18)10-5-6-10/h3-4,7-8,10H,5-6,18H2,1-2H3,(H,20,21). The Hall–Kier alpha value is -1.65. The minimum atomic E-state index is -0.858. The SMILES string of the molecule is Cc1cc(Cl)c(NC(=O)C(C)(N)C2CC2)c2cccnc12. The lowest BCUT2D eigenvalue weighted by atomic mass is 9.96. The molecule has 1 unspecified atom stereocenters. The van der Waals surface area contributed by atoms with Crippen molar-refractivity contribution in [2.75, 3.05) is 5.32 Å². The van der Waals surface area contributed by atoms with Crippen molar-refractivity contribution in [3.8, 4) is 0 Å². The maximum Gasteiger partial charge on any atom is 0.244 e. The van der Waals surface area contributed by atoms with E-state index in [1.165, 1.54) is 0 Å². The van der Waals surface area contributed by atoms with Crippen LogP contribution in [0.2, 0.25) is 5.02 Å². The number of aromatic nitrogens is 1. The second-order valence-electron chi connectivity index (χ2n) is 5.96. The van der Waals surface area contributed by atoms with E-state index in [9.17, 15) is 4.79 Å². The Morgan fingerprint density at radius 2 is 2.24 bits per heavy atom. The van der Waals surface area contributed by atoms with Crippen molar-refractivity contribution < 1.29 is 4.79 Å². The zero-order chi connectivity index (χ0) is 15.2. The maximum atomic E-state index is 12.5. The monoisotopic (exact) mass is 303 g/mol. The highest BCUT2D eigenvalue weighted by atomic mass is 35.5. The maximum absolute atomic E-state index is 12.5. The van der Waals surface area contributed by atoms with Gasteiger partial charge in [0.05, 0.1) is 21.8 Å². The van der Waals surface area contributed by atoms with Crippen molar-refractivity contribution in [2.24, 2.45) is 11.7 Å². The third-order valence-corrected chi connectivity index (χ3v) is 4.48. The summed E-state index contributed by atoms with van der Waals surface area (Å²) < 4.78 is 0. The molecule has 4 nitrogen and oxygen atoms in total. The molecule has 21 heavy (non-hydrogen) atoms. The average Bonchev–Trinajstić information content (AvgIpc) is 3.28. The van der Waals surface area contributed by atoms with Gasteiger partial charge in [-0.3, -0.25) is 9.78 Å². The van der Waals surface area contributed by atoms with Crippen molar-refractivity contribution in [1.29, 1.82) is 0 Å². The minimum absolute atomic E-state index is 0.194. The molecule has 1 atom stereocenters. The highest BCUT2D eigenvalue weighted by Gasteiger charge is 2.44. The molecule has 0 saturated heterocycles. The predicted octanol–water partition coefficient (Wildman–Crippen LogP) is 3.26. The van der Waals surface area contributed by atoms with E-state index in [-0.39, 0.29) is 11.8 Å². The molecule has 1 aromatic heterocycles. The van der Waals surface area contributed by atoms with Crippen LogP contribution in [0.3, 0.4) is 0 Å². The summed E-state index contributed by atoms with van der Waals surface area (Å²) in [4.78, 5) is 16.8. The van der Waals surface area contributed by atoms with E-state index in [0.717, 1.165) is 29.3 Å². The van der Waals surface area contributed by atoms with Crippen LogP contribution in [-0.2, 0) is 4.79 Å². The lowest BCUT2D eigenvalue weighted by Gasteiger charge is -2.24. The number of nitrogens with zero attached hydrogens (tertiary/aromatic N) is 1. The molecule has 1 aliphatic rings. The Labute approximate surface area is 128 Å². The normalized spacial score (nSPS) is 17.5. The van der Waals surface area contributed by atoms with Gasteiger partial charge in [0.2, 0.25) is 5.91 Å². The summed E-state index contributed by atoms with van der Waals surface area (Å²) in [5.41, 5.74) is 7.71. The number of amides is 1. The van der Waals surface area contributed by atoms with Gasteiger partial charge >= 0.3 is 0 Å². The van der Waals surface area contributed by atoms with Gasteiger partial charge in [-0.25, -0.2) is 0 Å². The molecular weight excluding hydrogens is 286 g/mol. The first-order chi connectivity index (χ1) is 9.91. The van der Waals surface area contributed by atoms with E-state index in [4.69, 9.17) is 17.3 Å². The van der Waals surface area contributed by atoms with Gasteiger partial charge in [-0.05, 0) is 56.4 Å². The molecular formula is C16H18ClN3O. The summed E-state index contributed by atoms with van der Waals surface area (Å²) in [6.45, 7) is 3.73. The second-order valence-corrected chi connectivity index (χ2v) is 6.37. The molecule has 0 spiro atoms. The van der Waals surface area contributed by atoms with Crippen LogP contribution in [0, 0.1) is 12.8 Å². The summed E-state index contributed by atoms with van der Waals surface area (Å²) in [5.74, 6) is 0.0621. The average molecular weight is 304 g/mol. The number of nitrogens with one attached hydrogen (secondary N) is 1. The molecule has 1 saturated carbocycles. The molecule has 5 heteroatoms. The first-order valence-corrected chi connectivity index (χ1v) is 7.43. The van der Waals surface area contributed by atoms with Gasteiger partial charge in [0, 0.05) is 11.6 Å². The second kappa shape index (κ2) is 4.97. The Morgan fingerprint density at radius 3 is 2.90 bits per heavy atom. The largest absolute Gasteiger partial charge is 0.323 e. The number of hydrogen-bond donors (Lipinski definition) is 2. The smallest absolute Gasteiger partial charge is 0.244 e. The Kier molecular flexibility index (Phi) is 3.38. The number of pyridine rings is 1. The van der Waals surface area contributed by atoms with Crippen LogP contribution in [0.15, 0.2) is 24.4 Å². The topological polar surface area (TPSA) is 68.0 Å². The Morgan fingerprint density at radius 1 is 1.52 bits per heavy atom. The van der Waals surface area contributed by atoms with E-state index in [0.29, 0.717) is 10.7 Å². The van der Waals surface area contributed by atoms with Gasteiger partial charge in [0.25, 0.3) is 0 Å². The highest BCUT2D eigenvalue weighted by molar-refractivity contribution is 6.35. The number of nitrogens with two attached hydrogens (primary N) is 1.